The molecular weight excluding hydrogens is 200 g/mol. The summed E-state index contributed by atoms with van der Waals surface area (Å²) in [6, 6.07) is 0. The monoisotopic (exact) mass is 220 g/mol. The molecule has 2 heteroatoms. The topological polar surface area (TPSA) is 34.1 Å². The maximum Gasteiger partial charge on any atom is 0.166 e. The Labute approximate surface area is 97.1 Å². The number of carbonyl (C=O) groups excluding carboxylic acids is 2. The molecule has 2 aliphatic rings. The van der Waals surface area contributed by atoms with Crippen molar-refractivity contribution in [1.82, 2.24) is 0 Å². The molecule has 0 N–H and O–H groups in total. The standard InChI is InChI=1S/C14H20O2/c1-9-5-4-6-11-7-13(16)12(10(2)15)8-14(9,11)3/h8-9,11H,4-7H2,1-3H3/t9-,11+,14+/m1/s1. The van der Waals surface area contributed by atoms with Gasteiger partial charge in [0.1, 0.15) is 0 Å². The van der Waals surface area contributed by atoms with Gasteiger partial charge in [-0.3, -0.25) is 9.59 Å². The van der Waals surface area contributed by atoms with Crippen LogP contribution in [0.2, 0.25) is 0 Å². The lowest BCUT2D eigenvalue weighted by Gasteiger charge is -2.47. The molecule has 88 valence electrons. The smallest absolute Gasteiger partial charge is 0.166 e. The van der Waals surface area contributed by atoms with Crippen LogP contribution in [0.1, 0.15) is 46.5 Å². The molecule has 0 unspecified atom stereocenters. The van der Waals surface area contributed by atoms with Gasteiger partial charge in [0.05, 0.1) is 5.57 Å². The van der Waals surface area contributed by atoms with Gasteiger partial charge in [0.15, 0.2) is 11.6 Å². The highest BCUT2D eigenvalue weighted by atomic mass is 16.1. The summed E-state index contributed by atoms with van der Waals surface area (Å²) in [5.41, 5.74) is 0.514. The lowest BCUT2D eigenvalue weighted by atomic mass is 9.57. The predicted molar refractivity (Wildman–Crippen MR) is 63.0 cm³/mol. The molecule has 2 aliphatic carbocycles. The van der Waals surface area contributed by atoms with E-state index in [0.717, 1.165) is 6.42 Å². The summed E-state index contributed by atoms with van der Waals surface area (Å²) in [5, 5.41) is 0. The van der Waals surface area contributed by atoms with Crippen LogP contribution in [-0.4, -0.2) is 11.6 Å². The molecule has 0 heterocycles. The number of ketones is 2. The molecule has 2 rings (SSSR count). The quantitative estimate of drug-likeness (QED) is 0.637. The van der Waals surface area contributed by atoms with Gasteiger partial charge in [-0.15, -0.1) is 0 Å². The zero-order valence-corrected chi connectivity index (χ0v) is 10.4. The maximum absolute atomic E-state index is 11.9. The Bertz CT molecular complexity index is 367. The third-order valence-corrected chi connectivity index (χ3v) is 4.70. The number of carbonyl (C=O) groups is 2. The average molecular weight is 220 g/mol. The SMILES string of the molecule is CC(=O)C1=C[C@]2(C)[C@@H](CCC[C@H]2C)CC1=O. The second-order valence-electron chi connectivity index (χ2n) is 5.64. The van der Waals surface area contributed by atoms with Crippen molar-refractivity contribution in [2.45, 2.75) is 46.5 Å². The molecule has 0 aromatic carbocycles. The highest BCUT2D eigenvalue weighted by molar-refractivity contribution is 6.19. The van der Waals surface area contributed by atoms with Crippen LogP contribution in [-0.2, 0) is 9.59 Å². The molecule has 1 saturated carbocycles. The van der Waals surface area contributed by atoms with Gasteiger partial charge < -0.3 is 0 Å². The first-order valence-corrected chi connectivity index (χ1v) is 6.22. The van der Waals surface area contributed by atoms with E-state index >= 15 is 0 Å². The Kier molecular flexibility index (Phi) is 2.77. The van der Waals surface area contributed by atoms with E-state index in [4.69, 9.17) is 0 Å². The summed E-state index contributed by atoms with van der Waals surface area (Å²) >= 11 is 0. The number of Topliss-reactive ketones (excluding diaryl/α,β-unsaturated/α-hetero) is 2. The normalized spacial score (nSPS) is 38.9. The molecule has 0 saturated heterocycles. The van der Waals surface area contributed by atoms with Crippen LogP contribution >= 0.6 is 0 Å². The number of hydrogen-bond acceptors (Lipinski definition) is 2. The average Bonchev–Trinajstić information content (AvgIpc) is 2.20. The summed E-state index contributed by atoms with van der Waals surface area (Å²) in [6.07, 6.45) is 6.12. The van der Waals surface area contributed by atoms with Crippen LogP contribution in [0.15, 0.2) is 11.6 Å². The van der Waals surface area contributed by atoms with E-state index in [-0.39, 0.29) is 17.0 Å². The van der Waals surface area contributed by atoms with Gasteiger partial charge in [-0.25, -0.2) is 0 Å². The van der Waals surface area contributed by atoms with Crippen molar-refractivity contribution in [2.75, 3.05) is 0 Å². The van der Waals surface area contributed by atoms with Crippen LogP contribution in [0.5, 0.6) is 0 Å². The van der Waals surface area contributed by atoms with E-state index in [1.165, 1.54) is 19.8 Å². The molecule has 0 bridgehead atoms. The van der Waals surface area contributed by atoms with Crippen LogP contribution in [0.4, 0.5) is 0 Å². The Balaban J connectivity index is 2.42. The minimum Gasteiger partial charge on any atom is -0.294 e. The molecule has 1 fully saturated rings. The van der Waals surface area contributed by atoms with Crippen LogP contribution in [0.25, 0.3) is 0 Å². The maximum atomic E-state index is 11.9. The van der Waals surface area contributed by atoms with E-state index in [2.05, 4.69) is 13.8 Å². The van der Waals surface area contributed by atoms with Gasteiger partial charge >= 0.3 is 0 Å². The zero-order chi connectivity index (χ0) is 11.9. The molecule has 0 amide bonds. The van der Waals surface area contributed by atoms with Crippen molar-refractivity contribution in [3.8, 4) is 0 Å². The summed E-state index contributed by atoms with van der Waals surface area (Å²) in [5.74, 6) is 1.02. The Morgan fingerprint density at radius 2 is 2.12 bits per heavy atom. The largest absolute Gasteiger partial charge is 0.294 e. The van der Waals surface area contributed by atoms with Crippen molar-refractivity contribution < 1.29 is 9.59 Å². The minimum atomic E-state index is -0.0672. The number of hydrogen-bond donors (Lipinski definition) is 0. The summed E-state index contributed by atoms with van der Waals surface area (Å²) < 4.78 is 0. The zero-order valence-electron chi connectivity index (χ0n) is 10.4. The number of rotatable bonds is 1. The van der Waals surface area contributed by atoms with Gasteiger partial charge in [-0.1, -0.05) is 26.3 Å². The molecule has 0 radical (unpaired) electrons. The third kappa shape index (κ3) is 1.64. The second-order valence-corrected chi connectivity index (χ2v) is 5.64. The number of fused-ring (bicyclic) bond motifs is 1. The molecule has 3 atom stereocenters. The van der Waals surface area contributed by atoms with E-state index in [1.807, 2.05) is 6.08 Å². The Morgan fingerprint density at radius 1 is 1.44 bits per heavy atom. The molecule has 16 heavy (non-hydrogen) atoms. The molecule has 0 aliphatic heterocycles. The first kappa shape index (κ1) is 11.6. The molecule has 0 aromatic rings. The van der Waals surface area contributed by atoms with Crippen molar-refractivity contribution in [1.29, 1.82) is 0 Å². The summed E-state index contributed by atoms with van der Waals surface area (Å²) in [7, 11) is 0. The van der Waals surface area contributed by atoms with Crippen LogP contribution in [0.3, 0.4) is 0 Å². The van der Waals surface area contributed by atoms with Crippen molar-refractivity contribution in [3.63, 3.8) is 0 Å². The fourth-order valence-corrected chi connectivity index (χ4v) is 3.30. The lowest BCUT2D eigenvalue weighted by Crippen LogP contribution is -2.41. The van der Waals surface area contributed by atoms with Gasteiger partial charge in [0, 0.05) is 6.42 Å². The highest BCUT2D eigenvalue weighted by Crippen LogP contribution is 2.50. The van der Waals surface area contributed by atoms with Crippen LogP contribution in [0, 0.1) is 17.3 Å². The highest BCUT2D eigenvalue weighted by Gasteiger charge is 2.45. The fraction of sp³-hybridized carbons (Fsp3) is 0.714. The third-order valence-electron chi connectivity index (χ3n) is 4.70. The summed E-state index contributed by atoms with van der Waals surface area (Å²) in [4.78, 5) is 23.3. The predicted octanol–water partition coefficient (Wildman–Crippen LogP) is 2.92. The van der Waals surface area contributed by atoms with Gasteiger partial charge in [-0.2, -0.15) is 0 Å². The molecule has 0 aromatic heterocycles. The van der Waals surface area contributed by atoms with Crippen molar-refractivity contribution in [3.05, 3.63) is 11.6 Å². The van der Waals surface area contributed by atoms with E-state index < -0.39 is 0 Å². The first-order valence-electron chi connectivity index (χ1n) is 6.22. The van der Waals surface area contributed by atoms with Crippen molar-refractivity contribution >= 4 is 11.6 Å². The fourth-order valence-electron chi connectivity index (χ4n) is 3.30. The first-order chi connectivity index (χ1) is 7.45. The summed E-state index contributed by atoms with van der Waals surface area (Å²) in [6.45, 7) is 5.97. The van der Waals surface area contributed by atoms with Gasteiger partial charge in [0.2, 0.25) is 0 Å². The molecular formula is C14H20O2. The lowest BCUT2D eigenvalue weighted by molar-refractivity contribution is -0.123. The number of allylic oxidation sites excluding steroid dienone is 2. The minimum absolute atomic E-state index is 0.0593. The second kappa shape index (κ2) is 3.83. The molecule has 0 spiro atoms. The Morgan fingerprint density at radius 3 is 2.75 bits per heavy atom. The van der Waals surface area contributed by atoms with Gasteiger partial charge in [0.25, 0.3) is 0 Å². The van der Waals surface area contributed by atoms with E-state index in [9.17, 15) is 9.59 Å². The van der Waals surface area contributed by atoms with Crippen LogP contribution < -0.4 is 0 Å². The van der Waals surface area contributed by atoms with Crippen molar-refractivity contribution in [2.24, 2.45) is 17.3 Å². The molecule has 2 nitrogen and oxygen atoms in total. The van der Waals surface area contributed by atoms with E-state index in [0.29, 0.717) is 23.8 Å². The van der Waals surface area contributed by atoms with E-state index in [1.54, 1.807) is 0 Å². The van der Waals surface area contributed by atoms with Gasteiger partial charge in [-0.05, 0) is 37.0 Å². The Hall–Kier alpha value is -0.920.